The Labute approximate surface area is 141 Å². The van der Waals surface area contributed by atoms with Crippen LogP contribution in [0.15, 0.2) is 18.2 Å². The van der Waals surface area contributed by atoms with Crippen molar-refractivity contribution < 1.29 is 5.11 Å². The number of aryl methyl sites for hydroxylation is 2. The summed E-state index contributed by atoms with van der Waals surface area (Å²) in [5.74, 6) is 0.412. The summed E-state index contributed by atoms with van der Waals surface area (Å²) in [5, 5.41) is 14.3. The fourth-order valence-electron chi connectivity index (χ4n) is 4.13. The van der Waals surface area contributed by atoms with Gasteiger partial charge in [-0.3, -0.25) is 0 Å². The molecule has 2 N–H and O–H groups in total. The molecule has 0 spiro atoms. The predicted octanol–water partition coefficient (Wildman–Crippen LogP) is 2.75. The third-order valence-electron chi connectivity index (χ3n) is 5.82. The summed E-state index contributed by atoms with van der Waals surface area (Å²) in [4.78, 5) is 2.35. The molecule has 1 unspecified atom stereocenters. The molecule has 1 aromatic carbocycles. The summed E-state index contributed by atoms with van der Waals surface area (Å²) in [7, 11) is 2.17. The lowest BCUT2D eigenvalue weighted by Gasteiger charge is -2.38. The highest BCUT2D eigenvalue weighted by Gasteiger charge is 2.33. The van der Waals surface area contributed by atoms with Crippen molar-refractivity contribution in [1.82, 2.24) is 10.2 Å². The summed E-state index contributed by atoms with van der Waals surface area (Å²) in [6.45, 7) is 5.74. The molecule has 0 bridgehead atoms. The third kappa shape index (κ3) is 4.34. The first-order chi connectivity index (χ1) is 11.0. The Balaban J connectivity index is 1.50. The number of likely N-dealkylation sites (tertiary alicyclic amines) is 1. The molecule has 0 amide bonds. The van der Waals surface area contributed by atoms with Crippen LogP contribution in [-0.4, -0.2) is 42.3 Å². The lowest BCUT2D eigenvalue weighted by molar-refractivity contribution is -0.0241. The van der Waals surface area contributed by atoms with Crippen LogP contribution in [-0.2, 0) is 19.4 Å². The fourth-order valence-corrected chi connectivity index (χ4v) is 4.13. The zero-order chi connectivity index (χ0) is 16.3. The van der Waals surface area contributed by atoms with E-state index in [2.05, 4.69) is 35.5 Å². The first-order valence-electron chi connectivity index (χ1n) is 9.27. The van der Waals surface area contributed by atoms with Gasteiger partial charge in [0.15, 0.2) is 0 Å². The van der Waals surface area contributed by atoms with Crippen LogP contribution in [0.4, 0.5) is 0 Å². The smallest absolute Gasteiger partial charge is 0.0772 e. The Bertz CT molecular complexity index is 518. The van der Waals surface area contributed by atoms with Crippen molar-refractivity contribution in [2.45, 2.75) is 57.6 Å². The Morgan fingerprint density at radius 3 is 2.61 bits per heavy atom. The Morgan fingerprint density at radius 2 is 1.87 bits per heavy atom. The average Bonchev–Trinajstić information content (AvgIpc) is 2.55. The van der Waals surface area contributed by atoms with Crippen LogP contribution >= 0.6 is 0 Å². The van der Waals surface area contributed by atoms with Crippen LogP contribution in [0.5, 0.6) is 0 Å². The summed E-state index contributed by atoms with van der Waals surface area (Å²) >= 11 is 0. The fraction of sp³-hybridized carbons (Fsp3) is 0.700. The quantitative estimate of drug-likeness (QED) is 0.877. The van der Waals surface area contributed by atoms with Gasteiger partial charge in [0.05, 0.1) is 5.60 Å². The largest absolute Gasteiger partial charge is 0.389 e. The highest BCUT2D eigenvalue weighted by Crippen LogP contribution is 2.27. The number of fused-ring (bicyclic) bond motifs is 1. The highest BCUT2D eigenvalue weighted by molar-refractivity contribution is 5.33. The number of aliphatic hydroxyl groups is 1. The van der Waals surface area contributed by atoms with Gasteiger partial charge in [-0.15, -0.1) is 0 Å². The van der Waals surface area contributed by atoms with Crippen LogP contribution in [0.2, 0.25) is 0 Å². The number of rotatable bonds is 5. The van der Waals surface area contributed by atoms with Gasteiger partial charge < -0.3 is 15.3 Å². The number of piperidine rings is 1. The van der Waals surface area contributed by atoms with Crippen LogP contribution < -0.4 is 5.32 Å². The van der Waals surface area contributed by atoms with Crippen molar-refractivity contribution in [3.8, 4) is 0 Å². The van der Waals surface area contributed by atoms with Gasteiger partial charge in [0, 0.05) is 13.1 Å². The van der Waals surface area contributed by atoms with E-state index in [0.29, 0.717) is 12.5 Å². The summed E-state index contributed by atoms with van der Waals surface area (Å²) in [5.41, 5.74) is 3.83. The minimum Gasteiger partial charge on any atom is -0.389 e. The Hall–Kier alpha value is -0.900. The molecule has 3 nitrogen and oxygen atoms in total. The molecule has 1 aliphatic heterocycles. The monoisotopic (exact) mass is 316 g/mol. The van der Waals surface area contributed by atoms with Crippen molar-refractivity contribution in [2.24, 2.45) is 5.92 Å². The van der Waals surface area contributed by atoms with E-state index >= 15 is 0 Å². The van der Waals surface area contributed by atoms with E-state index in [1.54, 1.807) is 5.56 Å². The summed E-state index contributed by atoms with van der Waals surface area (Å²) in [6, 6.07) is 6.92. The molecule has 3 rings (SSSR count). The molecule has 1 aliphatic carbocycles. The zero-order valence-electron chi connectivity index (χ0n) is 14.8. The molecule has 0 aromatic heterocycles. The van der Waals surface area contributed by atoms with E-state index in [1.165, 1.54) is 36.8 Å². The number of nitrogens with zero attached hydrogens (tertiary/aromatic N) is 1. The predicted molar refractivity (Wildman–Crippen MR) is 95.6 cm³/mol. The number of hydrogen-bond acceptors (Lipinski definition) is 3. The molecular formula is C20H32N2O. The molecule has 2 aliphatic rings. The molecule has 1 aromatic rings. The van der Waals surface area contributed by atoms with Gasteiger partial charge in [-0.1, -0.05) is 18.2 Å². The topological polar surface area (TPSA) is 35.5 Å². The average molecular weight is 316 g/mol. The zero-order valence-corrected chi connectivity index (χ0v) is 14.8. The van der Waals surface area contributed by atoms with Crippen molar-refractivity contribution >= 4 is 0 Å². The second-order valence-electron chi connectivity index (χ2n) is 7.85. The van der Waals surface area contributed by atoms with Crippen LogP contribution in [0.3, 0.4) is 0 Å². The molecule has 1 fully saturated rings. The number of nitrogens with one attached hydrogen (secondary N) is 1. The van der Waals surface area contributed by atoms with Gasteiger partial charge in [0.1, 0.15) is 0 Å². The van der Waals surface area contributed by atoms with Crippen LogP contribution in [0.1, 0.15) is 49.3 Å². The molecule has 3 heteroatoms. The minimum absolute atomic E-state index is 0.412. The molecule has 23 heavy (non-hydrogen) atoms. The third-order valence-corrected chi connectivity index (χ3v) is 5.82. The van der Waals surface area contributed by atoms with E-state index < -0.39 is 5.60 Å². The molecule has 0 radical (unpaired) electrons. The van der Waals surface area contributed by atoms with Gasteiger partial charge in [0.2, 0.25) is 0 Å². The van der Waals surface area contributed by atoms with Crippen LogP contribution in [0, 0.1) is 5.92 Å². The molecule has 1 saturated heterocycles. The minimum atomic E-state index is -0.602. The summed E-state index contributed by atoms with van der Waals surface area (Å²) in [6.07, 6.45) is 7.34. The van der Waals surface area contributed by atoms with Crippen molar-refractivity contribution in [3.63, 3.8) is 0 Å². The number of hydrogen-bond donors (Lipinski definition) is 2. The normalized spacial score (nSPS) is 22.6. The van der Waals surface area contributed by atoms with E-state index in [9.17, 15) is 5.11 Å². The van der Waals surface area contributed by atoms with Gasteiger partial charge in [-0.05, 0) is 88.2 Å². The van der Waals surface area contributed by atoms with Gasteiger partial charge in [0.25, 0.3) is 0 Å². The molecule has 1 heterocycles. The highest BCUT2D eigenvalue weighted by atomic mass is 16.3. The van der Waals surface area contributed by atoms with E-state index in [0.717, 1.165) is 32.5 Å². The van der Waals surface area contributed by atoms with Crippen molar-refractivity contribution in [2.75, 3.05) is 26.7 Å². The van der Waals surface area contributed by atoms with Crippen molar-refractivity contribution in [3.05, 3.63) is 34.9 Å². The van der Waals surface area contributed by atoms with Gasteiger partial charge in [-0.2, -0.15) is 0 Å². The van der Waals surface area contributed by atoms with E-state index in [4.69, 9.17) is 0 Å². The van der Waals surface area contributed by atoms with E-state index in [-0.39, 0.29) is 0 Å². The second kappa shape index (κ2) is 7.33. The maximum absolute atomic E-state index is 10.8. The number of benzene rings is 1. The van der Waals surface area contributed by atoms with Crippen LogP contribution in [0.25, 0.3) is 0 Å². The molecule has 1 atom stereocenters. The lowest BCUT2D eigenvalue weighted by Crippen LogP contribution is -2.48. The van der Waals surface area contributed by atoms with Gasteiger partial charge >= 0.3 is 0 Å². The molecule has 128 valence electrons. The molecular weight excluding hydrogens is 284 g/mol. The Morgan fingerprint density at radius 1 is 1.17 bits per heavy atom. The first-order valence-corrected chi connectivity index (χ1v) is 9.27. The maximum Gasteiger partial charge on any atom is 0.0772 e. The molecule has 0 saturated carbocycles. The standard InChI is InChI=1S/C20H32N2O/c1-20(23,19-9-11-22(2)12-10-19)15-21-14-16-7-8-17-5-3-4-6-18(17)13-16/h7-8,13,19,21,23H,3-6,9-12,14-15H2,1-2H3. The second-order valence-corrected chi connectivity index (χ2v) is 7.85. The van der Waals surface area contributed by atoms with E-state index in [1.807, 2.05) is 6.92 Å². The maximum atomic E-state index is 10.8. The SMILES string of the molecule is CN1CCC(C(C)(O)CNCc2ccc3c(c2)CCCC3)CC1. The Kier molecular flexibility index (Phi) is 5.40. The summed E-state index contributed by atoms with van der Waals surface area (Å²) < 4.78 is 0. The lowest BCUT2D eigenvalue weighted by atomic mass is 9.81. The van der Waals surface area contributed by atoms with Gasteiger partial charge in [-0.25, -0.2) is 0 Å². The van der Waals surface area contributed by atoms with Crippen molar-refractivity contribution in [1.29, 1.82) is 0 Å². The first kappa shape index (κ1) is 16.9.